The van der Waals surface area contributed by atoms with E-state index in [1.807, 2.05) is 0 Å². The fourth-order valence-electron chi connectivity index (χ4n) is 0.474. The second kappa shape index (κ2) is 51.3. The van der Waals surface area contributed by atoms with E-state index in [0.717, 1.165) is 38.5 Å². The van der Waals surface area contributed by atoms with Crippen LogP contribution in [0.2, 0.25) is 0 Å². The van der Waals surface area contributed by atoms with Crippen LogP contribution in [0.25, 0.3) is 0 Å². The van der Waals surface area contributed by atoms with E-state index in [0.29, 0.717) is 19.8 Å². The standard InChI is InChI=1S/3C4H10O.C2H6O.Ti/c3*1-2-3-4-5;1-2-3;/h3*5H,2-4H2,1H3;3H,2H2,1H3;. The molecule has 19 heavy (non-hydrogen) atoms. The van der Waals surface area contributed by atoms with Crippen LogP contribution in [0, 0.1) is 0 Å². The van der Waals surface area contributed by atoms with Crippen molar-refractivity contribution in [3.05, 3.63) is 0 Å². The van der Waals surface area contributed by atoms with Crippen LogP contribution >= 0.6 is 0 Å². The van der Waals surface area contributed by atoms with E-state index in [2.05, 4.69) is 20.8 Å². The molecule has 0 saturated heterocycles. The van der Waals surface area contributed by atoms with Crippen molar-refractivity contribution < 1.29 is 42.1 Å². The normalized spacial score (nSPS) is 7.58. The topological polar surface area (TPSA) is 80.9 Å². The second-order valence-electron chi connectivity index (χ2n) is 3.55. The number of rotatable bonds is 6. The van der Waals surface area contributed by atoms with Crippen molar-refractivity contribution in [2.75, 3.05) is 26.4 Å². The van der Waals surface area contributed by atoms with Gasteiger partial charge in [-0.2, -0.15) is 0 Å². The quantitative estimate of drug-likeness (QED) is 0.567. The van der Waals surface area contributed by atoms with Crippen molar-refractivity contribution in [3.8, 4) is 0 Å². The monoisotopic (exact) mass is 316 g/mol. The smallest absolute Gasteiger partial charge is 0.0430 e. The zero-order valence-electron chi connectivity index (χ0n) is 13.4. The molecule has 0 aromatic heterocycles. The van der Waals surface area contributed by atoms with E-state index >= 15 is 0 Å². The average Bonchev–Trinajstić information content (AvgIpc) is 2.35. The first-order valence-electron chi connectivity index (χ1n) is 7.09. The first-order chi connectivity index (χ1) is 8.66. The fourth-order valence-corrected chi connectivity index (χ4v) is 0.474. The van der Waals surface area contributed by atoms with Crippen LogP contribution in [0.15, 0.2) is 0 Å². The number of aliphatic hydroxyl groups excluding tert-OH is 4. The Morgan fingerprint density at radius 3 is 0.684 bits per heavy atom. The maximum atomic E-state index is 8.07. The molecule has 120 valence electrons. The van der Waals surface area contributed by atoms with Gasteiger partial charge < -0.3 is 20.4 Å². The molecular weight excluding hydrogens is 280 g/mol. The molecule has 0 aliphatic carbocycles. The molecule has 0 aliphatic rings. The Balaban J connectivity index is -0.0000000458. The Bertz CT molecular complexity index is 65.6. The van der Waals surface area contributed by atoms with Gasteiger partial charge in [-0.05, 0) is 26.2 Å². The van der Waals surface area contributed by atoms with Gasteiger partial charge in [0, 0.05) is 48.1 Å². The van der Waals surface area contributed by atoms with Gasteiger partial charge in [0.05, 0.1) is 0 Å². The van der Waals surface area contributed by atoms with E-state index in [4.69, 9.17) is 20.4 Å². The molecule has 0 aromatic rings. The molecule has 0 aliphatic heterocycles. The van der Waals surface area contributed by atoms with Crippen LogP contribution < -0.4 is 0 Å². The summed E-state index contributed by atoms with van der Waals surface area (Å²) in [6, 6.07) is 0. The molecule has 0 saturated carbocycles. The van der Waals surface area contributed by atoms with Gasteiger partial charge in [0.2, 0.25) is 0 Å². The SMILES string of the molecule is CCCCO.CCCCO.CCCCO.CCO.[Ti]. The van der Waals surface area contributed by atoms with E-state index in [9.17, 15) is 0 Å². The number of hydrogen-bond donors (Lipinski definition) is 4. The Morgan fingerprint density at radius 2 is 0.684 bits per heavy atom. The second-order valence-corrected chi connectivity index (χ2v) is 3.55. The minimum Gasteiger partial charge on any atom is -0.397 e. The molecule has 4 nitrogen and oxygen atoms in total. The maximum Gasteiger partial charge on any atom is 0.0430 e. The van der Waals surface area contributed by atoms with E-state index in [1.54, 1.807) is 6.92 Å². The summed E-state index contributed by atoms with van der Waals surface area (Å²) in [5, 5.41) is 31.8. The third kappa shape index (κ3) is 118. The van der Waals surface area contributed by atoms with Crippen LogP contribution in [0.1, 0.15) is 66.2 Å². The predicted octanol–water partition coefficient (Wildman–Crippen LogP) is 2.33. The van der Waals surface area contributed by atoms with E-state index in [-0.39, 0.29) is 28.3 Å². The third-order valence-electron chi connectivity index (χ3n) is 1.54. The molecule has 0 amide bonds. The van der Waals surface area contributed by atoms with Crippen LogP contribution in [0.4, 0.5) is 0 Å². The molecule has 5 heteroatoms. The molecule has 0 bridgehead atoms. The summed E-state index contributed by atoms with van der Waals surface area (Å²) in [5.41, 5.74) is 0. The molecule has 0 unspecified atom stereocenters. The van der Waals surface area contributed by atoms with Crippen molar-refractivity contribution in [2.24, 2.45) is 0 Å². The summed E-state index contributed by atoms with van der Waals surface area (Å²) >= 11 is 0. The van der Waals surface area contributed by atoms with Crippen molar-refractivity contribution in [2.45, 2.75) is 66.2 Å². The Hall–Kier alpha value is 0.554. The molecule has 0 atom stereocenters. The molecular formula is C14H36O4Ti. The van der Waals surface area contributed by atoms with Gasteiger partial charge >= 0.3 is 0 Å². The first kappa shape index (κ1) is 31.8. The molecule has 4 N–H and O–H groups in total. The largest absolute Gasteiger partial charge is 0.397 e. The molecule has 0 spiro atoms. The predicted molar refractivity (Wildman–Crippen MR) is 78.7 cm³/mol. The van der Waals surface area contributed by atoms with Gasteiger partial charge in [0.25, 0.3) is 0 Å². The van der Waals surface area contributed by atoms with Crippen molar-refractivity contribution in [3.63, 3.8) is 0 Å². The Labute approximate surface area is 135 Å². The molecule has 0 fully saturated rings. The maximum absolute atomic E-state index is 8.07. The van der Waals surface area contributed by atoms with Gasteiger partial charge in [-0.3, -0.25) is 0 Å². The van der Waals surface area contributed by atoms with E-state index in [1.165, 1.54) is 0 Å². The van der Waals surface area contributed by atoms with Gasteiger partial charge in [0.1, 0.15) is 0 Å². The minimum absolute atomic E-state index is 0. The van der Waals surface area contributed by atoms with Crippen LogP contribution in [-0.4, -0.2) is 46.9 Å². The molecule has 0 aromatic carbocycles. The van der Waals surface area contributed by atoms with Crippen LogP contribution in [0.5, 0.6) is 0 Å². The molecule has 0 heterocycles. The van der Waals surface area contributed by atoms with Crippen molar-refractivity contribution in [1.82, 2.24) is 0 Å². The molecule has 0 radical (unpaired) electrons. The Morgan fingerprint density at radius 1 is 0.526 bits per heavy atom. The summed E-state index contributed by atoms with van der Waals surface area (Å²) in [7, 11) is 0. The third-order valence-corrected chi connectivity index (χ3v) is 1.54. The van der Waals surface area contributed by atoms with Crippen molar-refractivity contribution >= 4 is 0 Å². The summed E-state index contributed by atoms with van der Waals surface area (Å²) in [6.45, 7) is 9.12. The average molecular weight is 316 g/mol. The summed E-state index contributed by atoms with van der Waals surface area (Å²) < 4.78 is 0. The zero-order valence-corrected chi connectivity index (χ0v) is 14.9. The number of unbranched alkanes of at least 4 members (excludes halogenated alkanes) is 3. The van der Waals surface area contributed by atoms with Gasteiger partial charge in [0.15, 0.2) is 0 Å². The van der Waals surface area contributed by atoms with Crippen LogP contribution in [0.3, 0.4) is 0 Å². The first-order valence-corrected chi connectivity index (χ1v) is 7.09. The molecule has 0 rings (SSSR count). The van der Waals surface area contributed by atoms with Crippen LogP contribution in [-0.2, 0) is 21.7 Å². The summed E-state index contributed by atoms with van der Waals surface area (Å²) in [5.74, 6) is 0. The Kier molecular flexibility index (Phi) is 85.9. The van der Waals surface area contributed by atoms with E-state index < -0.39 is 0 Å². The summed E-state index contributed by atoms with van der Waals surface area (Å²) in [6.07, 6.45) is 6.11. The van der Waals surface area contributed by atoms with Gasteiger partial charge in [-0.25, -0.2) is 0 Å². The zero-order chi connectivity index (χ0) is 15.1. The van der Waals surface area contributed by atoms with Crippen molar-refractivity contribution in [1.29, 1.82) is 0 Å². The number of aliphatic hydroxyl groups is 4. The minimum atomic E-state index is 0. The van der Waals surface area contributed by atoms with Gasteiger partial charge in [-0.1, -0.05) is 40.0 Å². The number of hydrogen-bond acceptors (Lipinski definition) is 4. The summed E-state index contributed by atoms with van der Waals surface area (Å²) in [4.78, 5) is 0. The van der Waals surface area contributed by atoms with Gasteiger partial charge in [-0.15, -0.1) is 0 Å². The fraction of sp³-hybridized carbons (Fsp3) is 1.00.